The molecule has 0 N–H and O–H groups in total. The Morgan fingerprint density at radius 2 is 1.50 bits per heavy atom. The molecule has 4 rings (SSSR count). The number of halogens is 2. The van der Waals surface area contributed by atoms with Gasteiger partial charge >= 0.3 is 10.1 Å². The van der Waals surface area contributed by atoms with Crippen LogP contribution in [-0.4, -0.2) is 20.0 Å². The van der Waals surface area contributed by atoms with Crippen LogP contribution >= 0.6 is 31.9 Å². The number of anilines is 1. The molecule has 3 aromatic carbocycles. The molecule has 1 amide bonds. The fourth-order valence-corrected chi connectivity index (χ4v) is 5.67. The van der Waals surface area contributed by atoms with Crippen molar-refractivity contribution in [3.63, 3.8) is 0 Å². The molecule has 0 atom stereocenters. The Bertz CT molecular complexity index is 1330. The van der Waals surface area contributed by atoms with Gasteiger partial charge in [-0.05, 0) is 86.8 Å². The maximum atomic E-state index is 12.9. The van der Waals surface area contributed by atoms with Gasteiger partial charge in [0.25, 0.3) is 5.91 Å². The van der Waals surface area contributed by atoms with Crippen molar-refractivity contribution >= 4 is 65.4 Å². The molecule has 0 aliphatic carbocycles. The molecule has 0 unspecified atom stereocenters. The van der Waals surface area contributed by atoms with E-state index in [4.69, 9.17) is 4.18 Å². The van der Waals surface area contributed by atoms with Crippen molar-refractivity contribution in [1.82, 2.24) is 0 Å². The van der Waals surface area contributed by atoms with Crippen molar-refractivity contribution < 1.29 is 17.4 Å². The Morgan fingerprint density at radius 3 is 2.09 bits per heavy atom. The zero-order valence-electron chi connectivity index (χ0n) is 16.7. The minimum atomic E-state index is -4.00. The van der Waals surface area contributed by atoms with Crippen molar-refractivity contribution in [1.29, 1.82) is 0 Å². The van der Waals surface area contributed by atoms with Gasteiger partial charge in [0.1, 0.15) is 4.90 Å². The topological polar surface area (TPSA) is 76.0 Å². The normalized spacial score (nSPS) is 15.2. The highest BCUT2D eigenvalue weighted by Crippen LogP contribution is 2.37. The van der Waals surface area contributed by atoms with Crippen LogP contribution in [0.25, 0.3) is 6.08 Å². The first-order valence-corrected chi connectivity index (χ1v) is 12.4. The van der Waals surface area contributed by atoms with E-state index in [9.17, 15) is 13.2 Å². The maximum Gasteiger partial charge on any atom is 0.339 e. The second kappa shape index (κ2) is 9.01. The average Bonchev–Trinajstić information content (AvgIpc) is 3.06. The summed E-state index contributed by atoms with van der Waals surface area (Å²) >= 11 is 6.75. The summed E-state index contributed by atoms with van der Waals surface area (Å²) in [6.07, 6.45) is 1.70. The van der Waals surface area contributed by atoms with Crippen molar-refractivity contribution in [2.24, 2.45) is 5.10 Å². The summed E-state index contributed by atoms with van der Waals surface area (Å²) < 4.78 is 31.3. The van der Waals surface area contributed by atoms with Crippen LogP contribution in [0.4, 0.5) is 5.69 Å². The first-order chi connectivity index (χ1) is 15.3. The predicted molar refractivity (Wildman–Crippen MR) is 131 cm³/mol. The van der Waals surface area contributed by atoms with Gasteiger partial charge in [-0.1, -0.05) is 36.4 Å². The third kappa shape index (κ3) is 4.55. The molecule has 9 heteroatoms. The van der Waals surface area contributed by atoms with E-state index in [-0.39, 0.29) is 16.6 Å². The Balaban J connectivity index is 1.63. The molecule has 0 spiro atoms. The third-order valence-corrected chi connectivity index (χ3v) is 7.03. The number of benzene rings is 3. The van der Waals surface area contributed by atoms with Crippen molar-refractivity contribution in [2.45, 2.75) is 11.8 Å². The van der Waals surface area contributed by atoms with Gasteiger partial charge in [0, 0.05) is 0 Å². The van der Waals surface area contributed by atoms with Crippen LogP contribution in [0.1, 0.15) is 12.5 Å². The molecule has 3 aromatic rings. The van der Waals surface area contributed by atoms with Gasteiger partial charge in [0.15, 0.2) is 5.75 Å². The summed E-state index contributed by atoms with van der Waals surface area (Å²) in [6, 6.07) is 20.4. The number of carbonyl (C=O) groups excluding carboxylic acids is 1. The lowest BCUT2D eigenvalue weighted by atomic mass is 10.1. The number of amides is 1. The number of carbonyl (C=O) groups is 1. The number of para-hydroxylation sites is 1. The molecule has 1 heterocycles. The van der Waals surface area contributed by atoms with E-state index in [0.717, 1.165) is 0 Å². The molecular weight excluding hydrogens is 560 g/mol. The molecule has 162 valence electrons. The summed E-state index contributed by atoms with van der Waals surface area (Å²) in [6.45, 7) is 1.76. The van der Waals surface area contributed by atoms with Crippen LogP contribution in [-0.2, 0) is 14.9 Å². The smallest absolute Gasteiger partial charge is 0.339 e. The Kier molecular flexibility index (Phi) is 6.32. The van der Waals surface area contributed by atoms with E-state index in [0.29, 0.717) is 31.5 Å². The van der Waals surface area contributed by atoms with E-state index < -0.39 is 10.1 Å². The molecule has 1 aliphatic rings. The zero-order valence-corrected chi connectivity index (χ0v) is 20.7. The first-order valence-electron chi connectivity index (χ1n) is 9.41. The van der Waals surface area contributed by atoms with E-state index in [1.54, 1.807) is 43.3 Å². The molecule has 0 aromatic heterocycles. The second-order valence-corrected chi connectivity index (χ2v) is 10.1. The zero-order chi connectivity index (χ0) is 22.9. The molecule has 32 heavy (non-hydrogen) atoms. The van der Waals surface area contributed by atoms with Gasteiger partial charge in [-0.25, -0.2) is 0 Å². The van der Waals surface area contributed by atoms with Gasteiger partial charge < -0.3 is 4.18 Å². The van der Waals surface area contributed by atoms with E-state index >= 15 is 0 Å². The highest BCUT2D eigenvalue weighted by atomic mass is 79.9. The summed E-state index contributed by atoms with van der Waals surface area (Å²) in [5.41, 5.74) is 2.37. The standard InChI is InChI=1S/C23H16Br2N2O4S/c1-15-19(23(28)27(26-15)17-8-4-2-5-9-17)12-16-13-20(24)22(21(25)14-16)31-32(29,30)18-10-6-3-7-11-18/h2-14H,1H3/b19-12+. The predicted octanol–water partition coefficient (Wildman–Crippen LogP) is 5.79. The largest absolute Gasteiger partial charge is 0.377 e. The molecule has 0 saturated heterocycles. The lowest BCUT2D eigenvalue weighted by Gasteiger charge is -2.12. The van der Waals surface area contributed by atoms with Crippen molar-refractivity contribution in [2.75, 3.05) is 5.01 Å². The molecule has 1 aliphatic heterocycles. The Labute approximate surface area is 202 Å². The highest BCUT2D eigenvalue weighted by molar-refractivity contribution is 9.11. The number of rotatable bonds is 5. The molecule has 0 radical (unpaired) electrons. The van der Waals surface area contributed by atoms with Crippen molar-refractivity contribution in [3.8, 4) is 5.75 Å². The van der Waals surface area contributed by atoms with Gasteiger partial charge in [-0.3, -0.25) is 4.79 Å². The fourth-order valence-electron chi connectivity index (χ4n) is 3.08. The van der Waals surface area contributed by atoms with Crippen molar-refractivity contribution in [3.05, 3.63) is 92.9 Å². The lowest BCUT2D eigenvalue weighted by Crippen LogP contribution is -2.21. The van der Waals surface area contributed by atoms with Crippen LogP contribution in [0.15, 0.2) is 97.3 Å². The van der Waals surface area contributed by atoms with E-state index in [2.05, 4.69) is 37.0 Å². The molecule has 0 saturated carbocycles. The van der Waals surface area contributed by atoms with Gasteiger partial charge in [-0.2, -0.15) is 18.5 Å². The van der Waals surface area contributed by atoms with E-state index in [1.165, 1.54) is 17.1 Å². The van der Waals surface area contributed by atoms with Crippen LogP contribution < -0.4 is 9.19 Å². The van der Waals surface area contributed by atoms with E-state index in [1.807, 2.05) is 30.3 Å². The number of hydrogen-bond acceptors (Lipinski definition) is 5. The molecule has 0 fully saturated rings. The maximum absolute atomic E-state index is 12.9. The monoisotopic (exact) mass is 574 g/mol. The molecule has 6 nitrogen and oxygen atoms in total. The highest BCUT2D eigenvalue weighted by Gasteiger charge is 2.29. The quantitative estimate of drug-likeness (QED) is 0.285. The lowest BCUT2D eigenvalue weighted by molar-refractivity contribution is -0.114. The molecular formula is C23H16Br2N2O4S. The van der Waals surface area contributed by atoms with Crippen LogP contribution in [0.2, 0.25) is 0 Å². The first kappa shape index (κ1) is 22.4. The fraction of sp³-hybridized carbons (Fsp3) is 0.0435. The minimum Gasteiger partial charge on any atom is -0.377 e. The third-order valence-electron chi connectivity index (χ3n) is 4.62. The van der Waals surface area contributed by atoms with Crippen LogP contribution in [0.3, 0.4) is 0 Å². The summed E-state index contributed by atoms with van der Waals surface area (Å²) in [5.74, 6) is -0.127. The SMILES string of the molecule is CC1=NN(c2ccccc2)C(=O)/C1=C/c1cc(Br)c(OS(=O)(=O)c2ccccc2)c(Br)c1. The summed E-state index contributed by atoms with van der Waals surface area (Å²) in [5, 5.41) is 5.72. The Morgan fingerprint density at radius 1 is 0.938 bits per heavy atom. The average molecular weight is 576 g/mol. The van der Waals surface area contributed by atoms with Gasteiger partial charge in [-0.15, -0.1) is 0 Å². The number of nitrogens with zero attached hydrogens (tertiary/aromatic N) is 2. The number of hydrogen-bond donors (Lipinski definition) is 0. The molecule has 0 bridgehead atoms. The minimum absolute atomic E-state index is 0.0504. The Hall–Kier alpha value is -2.75. The summed E-state index contributed by atoms with van der Waals surface area (Å²) in [4.78, 5) is 13.0. The second-order valence-electron chi connectivity index (χ2n) is 6.86. The van der Waals surface area contributed by atoms with Gasteiger partial charge in [0.2, 0.25) is 0 Å². The van der Waals surface area contributed by atoms with Crippen LogP contribution in [0.5, 0.6) is 5.75 Å². The summed E-state index contributed by atoms with van der Waals surface area (Å²) in [7, 11) is -4.00. The number of hydrazone groups is 1. The van der Waals surface area contributed by atoms with Crippen LogP contribution in [0, 0.1) is 0 Å². The van der Waals surface area contributed by atoms with Gasteiger partial charge in [0.05, 0.1) is 25.9 Å².